The Morgan fingerprint density at radius 2 is 2.11 bits per heavy atom. The first-order valence-corrected chi connectivity index (χ1v) is 6.96. The van der Waals surface area contributed by atoms with Crippen LogP contribution in [0.2, 0.25) is 0 Å². The van der Waals surface area contributed by atoms with Gasteiger partial charge in [-0.15, -0.1) is 24.6 Å². The van der Waals surface area contributed by atoms with Crippen molar-refractivity contribution in [1.82, 2.24) is 0 Å². The van der Waals surface area contributed by atoms with Crippen LogP contribution in [0, 0.1) is 12.3 Å². The maximum absolute atomic E-state index is 9.87. The van der Waals surface area contributed by atoms with Crippen molar-refractivity contribution in [2.45, 2.75) is 55.2 Å². The zero-order chi connectivity index (χ0) is 13.8. The van der Waals surface area contributed by atoms with Crippen LogP contribution < -0.4 is 0 Å². The third kappa shape index (κ3) is 3.40. The van der Waals surface area contributed by atoms with E-state index in [0.717, 1.165) is 12.8 Å². The summed E-state index contributed by atoms with van der Waals surface area (Å²) in [7, 11) is 0. The van der Waals surface area contributed by atoms with Crippen LogP contribution in [-0.4, -0.2) is 41.0 Å². The minimum absolute atomic E-state index is 0.0533. The molecule has 2 saturated heterocycles. The molecule has 2 fully saturated rings. The Morgan fingerprint density at radius 1 is 1.42 bits per heavy atom. The van der Waals surface area contributed by atoms with E-state index in [1.54, 1.807) is 6.08 Å². The summed E-state index contributed by atoms with van der Waals surface area (Å²) in [6, 6.07) is 0. The summed E-state index contributed by atoms with van der Waals surface area (Å²) in [5.41, 5.74) is 0. The molecule has 1 N–H and O–H groups in total. The lowest BCUT2D eigenvalue weighted by atomic mass is 10.0. The van der Waals surface area contributed by atoms with E-state index >= 15 is 0 Å². The number of aliphatic hydroxyl groups is 1. The van der Waals surface area contributed by atoms with Crippen molar-refractivity contribution in [1.29, 1.82) is 0 Å². The number of terminal acetylenes is 1. The number of hydrogen-bond acceptors (Lipinski definition) is 3. The summed E-state index contributed by atoms with van der Waals surface area (Å²) in [5, 5.41) is 9.43. The first kappa shape index (κ1) is 14.6. The van der Waals surface area contributed by atoms with Crippen LogP contribution in [0.15, 0.2) is 24.8 Å². The molecule has 2 heterocycles. The molecule has 2 aliphatic rings. The molecule has 6 atom stereocenters. The van der Waals surface area contributed by atoms with E-state index < -0.39 is 11.5 Å². The van der Waals surface area contributed by atoms with Crippen LogP contribution in [0.25, 0.3) is 0 Å². The van der Waals surface area contributed by atoms with Gasteiger partial charge in [-0.1, -0.05) is 18.1 Å². The SMILES string of the molecule is C#CC=CCC1OC2CC1OC2CC(O)C(Cl)C=C. The van der Waals surface area contributed by atoms with Crippen molar-refractivity contribution in [2.75, 3.05) is 0 Å². The lowest BCUT2D eigenvalue weighted by molar-refractivity contribution is -0.144. The molecule has 3 nitrogen and oxygen atoms in total. The number of fused-ring (bicyclic) bond motifs is 2. The average Bonchev–Trinajstić information content (AvgIpc) is 2.97. The standard InChI is InChI=1S/C15H19ClO3/c1-3-5-6-7-12-14-9-15(18-12)13(19-14)8-11(17)10(16)4-2/h1,4-6,10-15,17H,2,7-9H2. The van der Waals surface area contributed by atoms with Crippen LogP contribution in [-0.2, 0) is 9.47 Å². The number of rotatable bonds is 6. The van der Waals surface area contributed by atoms with Crippen molar-refractivity contribution in [3.8, 4) is 12.3 Å². The molecule has 2 aliphatic heterocycles. The predicted octanol–water partition coefficient (Wildman–Crippen LogP) is 2.04. The highest BCUT2D eigenvalue weighted by Gasteiger charge is 2.48. The van der Waals surface area contributed by atoms with Crippen molar-refractivity contribution >= 4 is 11.6 Å². The number of hydrogen-bond donors (Lipinski definition) is 1. The topological polar surface area (TPSA) is 38.7 Å². The van der Waals surface area contributed by atoms with Gasteiger partial charge in [0, 0.05) is 12.8 Å². The van der Waals surface area contributed by atoms with Gasteiger partial charge in [0.05, 0.1) is 35.9 Å². The largest absolute Gasteiger partial charge is 0.391 e. The Bertz CT molecular complexity index is 387. The number of halogens is 1. The molecule has 2 rings (SSSR count). The van der Waals surface area contributed by atoms with Crippen molar-refractivity contribution in [3.63, 3.8) is 0 Å². The molecule has 0 amide bonds. The number of ether oxygens (including phenoxy) is 2. The molecule has 0 aromatic heterocycles. The fraction of sp³-hybridized carbons (Fsp3) is 0.600. The van der Waals surface area contributed by atoms with E-state index in [-0.39, 0.29) is 24.4 Å². The Balaban J connectivity index is 1.81. The summed E-state index contributed by atoms with van der Waals surface area (Å²) < 4.78 is 11.8. The van der Waals surface area contributed by atoms with Crippen molar-refractivity contribution in [3.05, 3.63) is 24.8 Å². The van der Waals surface area contributed by atoms with Gasteiger partial charge in [-0.2, -0.15) is 0 Å². The average molecular weight is 283 g/mol. The predicted molar refractivity (Wildman–Crippen MR) is 75.0 cm³/mol. The van der Waals surface area contributed by atoms with Gasteiger partial charge in [-0.25, -0.2) is 0 Å². The monoisotopic (exact) mass is 282 g/mol. The lowest BCUT2D eigenvalue weighted by Gasteiger charge is -2.30. The Hall–Kier alpha value is -0.790. The highest BCUT2D eigenvalue weighted by molar-refractivity contribution is 6.22. The second kappa shape index (κ2) is 6.58. The van der Waals surface area contributed by atoms with E-state index in [0.29, 0.717) is 6.42 Å². The molecule has 0 aliphatic carbocycles. The molecule has 19 heavy (non-hydrogen) atoms. The summed E-state index contributed by atoms with van der Waals surface area (Å²) >= 11 is 5.92. The lowest BCUT2D eigenvalue weighted by Crippen LogP contribution is -2.38. The van der Waals surface area contributed by atoms with E-state index in [1.807, 2.05) is 6.08 Å². The number of aliphatic hydroxyl groups excluding tert-OH is 1. The van der Waals surface area contributed by atoms with Gasteiger partial charge in [0.15, 0.2) is 0 Å². The Kier molecular flexibility index (Phi) is 5.06. The van der Waals surface area contributed by atoms with Crippen LogP contribution in [0.3, 0.4) is 0 Å². The van der Waals surface area contributed by atoms with Gasteiger partial charge in [0.25, 0.3) is 0 Å². The highest BCUT2D eigenvalue weighted by atomic mass is 35.5. The quantitative estimate of drug-likeness (QED) is 0.460. The normalized spacial score (nSPS) is 36.3. The molecule has 6 unspecified atom stereocenters. The summed E-state index contributed by atoms with van der Waals surface area (Å²) in [5.74, 6) is 2.46. The van der Waals surface area contributed by atoms with Gasteiger partial charge in [-0.05, 0) is 12.5 Å². The van der Waals surface area contributed by atoms with Gasteiger partial charge >= 0.3 is 0 Å². The molecule has 0 radical (unpaired) electrons. The number of allylic oxidation sites excluding steroid dienone is 1. The zero-order valence-corrected chi connectivity index (χ0v) is 11.5. The summed E-state index contributed by atoms with van der Waals surface area (Å²) in [6.45, 7) is 3.57. The highest BCUT2D eigenvalue weighted by Crippen LogP contribution is 2.38. The van der Waals surface area contributed by atoms with Crippen LogP contribution in [0.1, 0.15) is 19.3 Å². The molecule has 2 bridgehead atoms. The first-order chi connectivity index (χ1) is 9.15. The van der Waals surface area contributed by atoms with Gasteiger partial charge in [0.1, 0.15) is 0 Å². The molecular weight excluding hydrogens is 264 g/mol. The maximum atomic E-state index is 9.87. The fourth-order valence-corrected chi connectivity index (χ4v) is 2.76. The molecule has 0 saturated carbocycles. The minimum Gasteiger partial charge on any atom is -0.391 e. The third-order valence-electron chi connectivity index (χ3n) is 3.64. The fourth-order valence-electron chi connectivity index (χ4n) is 2.65. The molecule has 0 spiro atoms. The second-order valence-electron chi connectivity index (χ2n) is 4.95. The molecule has 4 heteroatoms. The molecule has 0 aromatic rings. The smallest absolute Gasteiger partial charge is 0.0877 e. The van der Waals surface area contributed by atoms with E-state index in [2.05, 4.69) is 12.5 Å². The second-order valence-corrected chi connectivity index (χ2v) is 5.45. The first-order valence-electron chi connectivity index (χ1n) is 6.52. The van der Waals surface area contributed by atoms with Crippen LogP contribution in [0.4, 0.5) is 0 Å². The zero-order valence-electron chi connectivity index (χ0n) is 10.7. The van der Waals surface area contributed by atoms with Gasteiger partial charge < -0.3 is 14.6 Å². The van der Waals surface area contributed by atoms with E-state index in [9.17, 15) is 5.11 Å². The Labute approximate surface area is 119 Å². The molecular formula is C15H19ClO3. The van der Waals surface area contributed by atoms with Gasteiger partial charge in [0.2, 0.25) is 0 Å². The molecule has 104 valence electrons. The number of alkyl halides is 1. The van der Waals surface area contributed by atoms with E-state index in [4.69, 9.17) is 27.5 Å². The van der Waals surface area contributed by atoms with Gasteiger partial charge in [-0.3, -0.25) is 0 Å². The van der Waals surface area contributed by atoms with Crippen LogP contribution in [0.5, 0.6) is 0 Å². The van der Waals surface area contributed by atoms with E-state index in [1.165, 1.54) is 6.08 Å². The summed E-state index contributed by atoms with van der Waals surface area (Å²) in [4.78, 5) is 0. The Morgan fingerprint density at radius 3 is 2.68 bits per heavy atom. The summed E-state index contributed by atoms with van der Waals surface area (Å²) in [6.07, 6.45) is 11.9. The van der Waals surface area contributed by atoms with Crippen molar-refractivity contribution < 1.29 is 14.6 Å². The minimum atomic E-state index is -0.646. The maximum Gasteiger partial charge on any atom is 0.0877 e. The molecule has 0 aromatic carbocycles. The van der Waals surface area contributed by atoms with Crippen molar-refractivity contribution in [2.24, 2.45) is 0 Å². The van der Waals surface area contributed by atoms with Crippen LogP contribution >= 0.6 is 11.6 Å². The third-order valence-corrected chi connectivity index (χ3v) is 4.11.